The number of carbonyl (C=O) groups is 1. The van der Waals surface area contributed by atoms with Crippen LogP contribution in [0.3, 0.4) is 0 Å². The molecule has 0 saturated carbocycles. The Hall–Kier alpha value is -2.87. The van der Waals surface area contributed by atoms with Crippen LogP contribution in [0.15, 0.2) is 72.8 Å². The zero-order valence-electron chi connectivity index (χ0n) is 19.6. The Bertz CT molecular complexity index is 938. The van der Waals surface area contributed by atoms with Gasteiger partial charge in [0.25, 0.3) is 0 Å². The van der Waals surface area contributed by atoms with Gasteiger partial charge in [0, 0.05) is 0 Å². The monoisotopic (exact) mass is 428 g/mol. The largest absolute Gasteiger partial charge is 0.423 e. The van der Waals surface area contributed by atoms with Crippen molar-refractivity contribution in [3.63, 3.8) is 0 Å². The SMILES string of the molecule is CCCCCCCCc1ccc(C(=O)Oc2ccc(-c3ccc(CCC)cc3)cc2)cc1. The van der Waals surface area contributed by atoms with Gasteiger partial charge in [0.15, 0.2) is 0 Å². The lowest BCUT2D eigenvalue weighted by atomic mass is 10.0. The maximum Gasteiger partial charge on any atom is 0.343 e. The van der Waals surface area contributed by atoms with E-state index in [2.05, 4.69) is 38.1 Å². The van der Waals surface area contributed by atoms with Crippen LogP contribution in [-0.4, -0.2) is 5.97 Å². The van der Waals surface area contributed by atoms with Gasteiger partial charge < -0.3 is 4.74 Å². The summed E-state index contributed by atoms with van der Waals surface area (Å²) in [5, 5.41) is 0. The molecule has 3 aromatic carbocycles. The van der Waals surface area contributed by atoms with Gasteiger partial charge in [-0.25, -0.2) is 4.79 Å². The van der Waals surface area contributed by atoms with Crippen LogP contribution in [-0.2, 0) is 12.8 Å². The predicted octanol–water partition coefficient (Wildman–Crippen LogP) is 8.43. The molecular weight excluding hydrogens is 392 g/mol. The van der Waals surface area contributed by atoms with Crippen LogP contribution in [0.25, 0.3) is 11.1 Å². The van der Waals surface area contributed by atoms with Crippen LogP contribution < -0.4 is 4.74 Å². The summed E-state index contributed by atoms with van der Waals surface area (Å²) in [5.41, 5.74) is 5.52. The topological polar surface area (TPSA) is 26.3 Å². The molecule has 0 spiro atoms. The molecule has 0 radical (unpaired) electrons. The lowest BCUT2D eigenvalue weighted by Crippen LogP contribution is -2.08. The molecule has 168 valence electrons. The minimum atomic E-state index is -0.312. The molecule has 0 unspecified atom stereocenters. The fourth-order valence-corrected chi connectivity index (χ4v) is 3.95. The van der Waals surface area contributed by atoms with Crippen LogP contribution in [0.2, 0.25) is 0 Å². The van der Waals surface area contributed by atoms with Gasteiger partial charge in [-0.2, -0.15) is 0 Å². The molecule has 2 nitrogen and oxygen atoms in total. The number of aryl methyl sites for hydroxylation is 2. The average Bonchev–Trinajstić information content (AvgIpc) is 2.83. The van der Waals surface area contributed by atoms with E-state index in [1.54, 1.807) is 0 Å². The first kappa shape index (κ1) is 23.8. The fraction of sp³-hybridized carbons (Fsp3) is 0.367. The highest BCUT2D eigenvalue weighted by Crippen LogP contribution is 2.24. The molecule has 0 aromatic heterocycles. The second-order valence-corrected chi connectivity index (χ2v) is 8.58. The van der Waals surface area contributed by atoms with E-state index in [1.807, 2.05) is 48.5 Å². The van der Waals surface area contributed by atoms with Gasteiger partial charge in [0.05, 0.1) is 5.56 Å². The third-order valence-corrected chi connectivity index (χ3v) is 5.90. The quantitative estimate of drug-likeness (QED) is 0.164. The van der Waals surface area contributed by atoms with Gasteiger partial charge in [0.1, 0.15) is 5.75 Å². The number of carbonyl (C=O) groups excluding carboxylic acids is 1. The first-order valence-corrected chi connectivity index (χ1v) is 12.2. The zero-order chi connectivity index (χ0) is 22.6. The summed E-state index contributed by atoms with van der Waals surface area (Å²) in [6.07, 6.45) is 11.1. The van der Waals surface area contributed by atoms with Gasteiger partial charge >= 0.3 is 5.97 Å². The lowest BCUT2D eigenvalue weighted by Gasteiger charge is -2.08. The molecule has 3 rings (SSSR count). The first-order valence-electron chi connectivity index (χ1n) is 12.2. The molecule has 0 amide bonds. The van der Waals surface area contributed by atoms with E-state index in [0.29, 0.717) is 11.3 Å². The number of hydrogen-bond acceptors (Lipinski definition) is 2. The Kier molecular flexibility index (Phi) is 9.56. The minimum absolute atomic E-state index is 0.312. The van der Waals surface area contributed by atoms with E-state index in [-0.39, 0.29) is 5.97 Å². The highest BCUT2D eigenvalue weighted by molar-refractivity contribution is 5.91. The van der Waals surface area contributed by atoms with Crippen molar-refractivity contribution in [2.24, 2.45) is 0 Å². The molecule has 3 aromatic rings. The van der Waals surface area contributed by atoms with Gasteiger partial charge in [-0.3, -0.25) is 0 Å². The highest BCUT2D eigenvalue weighted by atomic mass is 16.5. The predicted molar refractivity (Wildman–Crippen MR) is 134 cm³/mol. The Balaban J connectivity index is 1.49. The third-order valence-electron chi connectivity index (χ3n) is 5.90. The number of benzene rings is 3. The molecule has 0 bridgehead atoms. The summed E-state index contributed by atoms with van der Waals surface area (Å²) < 4.78 is 5.58. The molecular formula is C30H36O2. The van der Waals surface area contributed by atoms with Crippen molar-refractivity contribution in [3.05, 3.63) is 89.5 Å². The maximum atomic E-state index is 12.5. The standard InChI is InChI=1S/C30H36O2/c1-3-5-6-7-8-9-11-25-14-18-28(19-15-25)30(31)32-29-22-20-27(21-23-29)26-16-12-24(10-4-2)13-17-26/h12-23H,3-11H2,1-2H3. The van der Waals surface area contributed by atoms with E-state index in [4.69, 9.17) is 4.74 Å². The Morgan fingerprint density at radius 2 is 1.12 bits per heavy atom. The van der Waals surface area contributed by atoms with Crippen molar-refractivity contribution in [1.29, 1.82) is 0 Å². The average molecular weight is 429 g/mol. The molecule has 2 heteroatoms. The van der Waals surface area contributed by atoms with E-state index >= 15 is 0 Å². The van der Waals surface area contributed by atoms with E-state index in [0.717, 1.165) is 24.8 Å². The summed E-state index contributed by atoms with van der Waals surface area (Å²) in [4.78, 5) is 12.5. The zero-order valence-corrected chi connectivity index (χ0v) is 19.6. The molecule has 0 N–H and O–H groups in total. The van der Waals surface area contributed by atoms with Crippen molar-refractivity contribution in [2.75, 3.05) is 0 Å². The summed E-state index contributed by atoms with van der Waals surface area (Å²) in [6, 6.07) is 24.2. The van der Waals surface area contributed by atoms with Crippen LogP contribution in [0.5, 0.6) is 5.75 Å². The van der Waals surface area contributed by atoms with Gasteiger partial charge in [0.2, 0.25) is 0 Å². The summed E-state index contributed by atoms with van der Waals surface area (Å²) >= 11 is 0. The Morgan fingerprint density at radius 1 is 0.594 bits per heavy atom. The summed E-state index contributed by atoms with van der Waals surface area (Å²) in [7, 11) is 0. The first-order chi connectivity index (χ1) is 15.7. The number of unbranched alkanes of at least 4 members (excludes halogenated alkanes) is 5. The van der Waals surface area contributed by atoms with Crippen molar-refractivity contribution in [2.45, 2.75) is 71.6 Å². The highest BCUT2D eigenvalue weighted by Gasteiger charge is 2.09. The van der Waals surface area contributed by atoms with Crippen LogP contribution in [0.1, 0.15) is 80.3 Å². The molecule has 0 aliphatic heterocycles. The third kappa shape index (κ3) is 7.37. The van der Waals surface area contributed by atoms with Crippen molar-refractivity contribution < 1.29 is 9.53 Å². The van der Waals surface area contributed by atoms with Crippen LogP contribution in [0.4, 0.5) is 0 Å². The Labute approximate surface area is 193 Å². The van der Waals surface area contributed by atoms with Crippen molar-refractivity contribution in [1.82, 2.24) is 0 Å². The van der Waals surface area contributed by atoms with Crippen molar-refractivity contribution in [3.8, 4) is 16.9 Å². The Morgan fingerprint density at radius 3 is 1.75 bits per heavy atom. The number of esters is 1. The normalized spacial score (nSPS) is 10.8. The molecule has 0 aliphatic rings. The van der Waals surface area contributed by atoms with Crippen molar-refractivity contribution >= 4 is 5.97 Å². The van der Waals surface area contributed by atoms with E-state index in [9.17, 15) is 4.79 Å². The second kappa shape index (κ2) is 12.9. The number of ether oxygens (including phenoxy) is 1. The van der Waals surface area contributed by atoms with Gasteiger partial charge in [-0.15, -0.1) is 0 Å². The molecule has 0 fully saturated rings. The molecule has 32 heavy (non-hydrogen) atoms. The van der Waals surface area contributed by atoms with Crippen LogP contribution >= 0.6 is 0 Å². The molecule has 0 heterocycles. The molecule has 0 saturated heterocycles. The smallest absolute Gasteiger partial charge is 0.343 e. The molecule has 0 atom stereocenters. The minimum Gasteiger partial charge on any atom is -0.423 e. The van der Waals surface area contributed by atoms with Gasteiger partial charge in [-0.1, -0.05) is 101 Å². The maximum absolute atomic E-state index is 12.5. The van der Waals surface area contributed by atoms with Gasteiger partial charge in [-0.05, 0) is 65.8 Å². The summed E-state index contributed by atoms with van der Waals surface area (Å²) in [5.74, 6) is 0.255. The van der Waals surface area contributed by atoms with E-state index < -0.39 is 0 Å². The molecule has 0 aliphatic carbocycles. The second-order valence-electron chi connectivity index (χ2n) is 8.58. The number of rotatable bonds is 12. The van der Waals surface area contributed by atoms with Crippen LogP contribution in [0, 0.1) is 0 Å². The lowest BCUT2D eigenvalue weighted by molar-refractivity contribution is 0.0735. The fourth-order valence-electron chi connectivity index (χ4n) is 3.95. The number of hydrogen-bond donors (Lipinski definition) is 0. The van der Waals surface area contributed by atoms with E-state index in [1.165, 1.54) is 55.2 Å². The summed E-state index contributed by atoms with van der Waals surface area (Å²) in [6.45, 7) is 4.44.